The van der Waals surface area contributed by atoms with Crippen molar-refractivity contribution in [2.75, 3.05) is 34.0 Å². The van der Waals surface area contributed by atoms with Gasteiger partial charge in [-0.25, -0.2) is 4.98 Å². The van der Waals surface area contributed by atoms with Gasteiger partial charge in [-0.2, -0.15) is 0 Å². The highest BCUT2D eigenvalue weighted by Gasteiger charge is 2.17. The minimum absolute atomic E-state index is 0.0119. The number of carbonyl (C=O) groups is 1. The monoisotopic (exact) mass is 399 g/mol. The lowest BCUT2D eigenvalue weighted by molar-refractivity contribution is 0.0945. The Morgan fingerprint density at radius 3 is 2.72 bits per heavy atom. The van der Waals surface area contributed by atoms with Crippen LogP contribution in [0.15, 0.2) is 29.2 Å². The van der Waals surface area contributed by atoms with E-state index in [0.29, 0.717) is 44.0 Å². The quantitative estimate of drug-likeness (QED) is 0.431. The number of nitrogens with one attached hydrogen (secondary N) is 2. The third-order valence-corrected chi connectivity index (χ3v) is 4.63. The van der Waals surface area contributed by atoms with E-state index in [1.165, 1.54) is 10.5 Å². The smallest absolute Gasteiger partial charge is 0.267 e. The largest absolute Gasteiger partial charge is 0.385 e. The molecular formula is C20H25N5O4. The van der Waals surface area contributed by atoms with Gasteiger partial charge in [0.2, 0.25) is 0 Å². The molecule has 0 aliphatic carbocycles. The van der Waals surface area contributed by atoms with Crippen molar-refractivity contribution in [1.82, 2.24) is 19.3 Å². The number of pyridine rings is 2. The molecule has 0 spiro atoms. The zero-order valence-electron chi connectivity index (χ0n) is 16.8. The molecule has 0 bridgehead atoms. The highest BCUT2D eigenvalue weighted by molar-refractivity contribution is 5.96. The number of hydrogen-bond donors (Lipinski definition) is 2. The molecule has 3 rings (SSSR count). The zero-order valence-corrected chi connectivity index (χ0v) is 16.8. The van der Waals surface area contributed by atoms with Crippen molar-refractivity contribution < 1.29 is 14.3 Å². The van der Waals surface area contributed by atoms with Gasteiger partial charge in [-0.15, -0.1) is 0 Å². The fourth-order valence-electron chi connectivity index (χ4n) is 3.13. The molecule has 29 heavy (non-hydrogen) atoms. The Bertz CT molecular complexity index is 1170. The van der Waals surface area contributed by atoms with Crippen molar-refractivity contribution in [1.29, 1.82) is 5.41 Å². The van der Waals surface area contributed by atoms with E-state index in [9.17, 15) is 9.59 Å². The Hall–Kier alpha value is -3.04. The van der Waals surface area contributed by atoms with Crippen LogP contribution in [0, 0.1) is 12.3 Å². The first-order chi connectivity index (χ1) is 14.0. The Balaban J connectivity index is 2.19. The van der Waals surface area contributed by atoms with Gasteiger partial charge in [0, 0.05) is 40.1 Å². The van der Waals surface area contributed by atoms with Gasteiger partial charge in [0.15, 0.2) is 0 Å². The highest BCUT2D eigenvalue weighted by atomic mass is 16.5. The Kier molecular flexibility index (Phi) is 6.40. The fourth-order valence-corrected chi connectivity index (χ4v) is 3.13. The predicted octanol–water partition coefficient (Wildman–Crippen LogP) is 0.850. The molecule has 9 nitrogen and oxygen atoms in total. The van der Waals surface area contributed by atoms with Crippen molar-refractivity contribution in [3.63, 3.8) is 0 Å². The number of methoxy groups -OCH3 is 2. The molecule has 0 saturated heterocycles. The summed E-state index contributed by atoms with van der Waals surface area (Å²) in [5, 5.41) is 11.6. The van der Waals surface area contributed by atoms with Crippen LogP contribution in [0.2, 0.25) is 0 Å². The van der Waals surface area contributed by atoms with Crippen LogP contribution < -0.4 is 16.4 Å². The van der Waals surface area contributed by atoms with Crippen LogP contribution >= 0.6 is 0 Å². The van der Waals surface area contributed by atoms with E-state index in [-0.39, 0.29) is 22.0 Å². The van der Waals surface area contributed by atoms with E-state index in [0.717, 1.165) is 5.56 Å². The first kappa shape index (κ1) is 20.7. The minimum atomic E-state index is -0.409. The standard InChI is InChI=1S/C20H25N5O4/c1-13-5-6-16-23-18-15(20(27)25(16)12-13)11-14(17(21)24(18)8-10-29-3)19(26)22-7-4-9-28-2/h5-6,11-12,21H,4,7-10H2,1-3H3,(H,22,26). The van der Waals surface area contributed by atoms with Gasteiger partial charge < -0.3 is 19.4 Å². The second-order valence-electron chi connectivity index (χ2n) is 6.74. The molecule has 2 N–H and O–H groups in total. The van der Waals surface area contributed by atoms with Crippen molar-refractivity contribution >= 4 is 22.6 Å². The van der Waals surface area contributed by atoms with Crippen LogP contribution in [-0.2, 0) is 16.0 Å². The molecule has 0 fully saturated rings. The summed E-state index contributed by atoms with van der Waals surface area (Å²) < 4.78 is 13.1. The SMILES string of the molecule is COCCCNC(=O)c1cc2c(=O)n3cc(C)ccc3nc2n(CCOC)c1=N. The van der Waals surface area contributed by atoms with Gasteiger partial charge in [-0.3, -0.25) is 19.4 Å². The van der Waals surface area contributed by atoms with E-state index in [1.54, 1.807) is 31.0 Å². The maximum Gasteiger partial charge on any atom is 0.267 e. The van der Waals surface area contributed by atoms with Gasteiger partial charge in [0.05, 0.1) is 17.6 Å². The number of nitrogens with zero attached hydrogens (tertiary/aromatic N) is 3. The Labute approximate surface area is 167 Å². The molecule has 1 amide bonds. The van der Waals surface area contributed by atoms with E-state index in [1.807, 2.05) is 13.0 Å². The van der Waals surface area contributed by atoms with E-state index >= 15 is 0 Å². The summed E-state index contributed by atoms with van der Waals surface area (Å²) in [5.41, 5.74) is 1.58. The lowest BCUT2D eigenvalue weighted by atomic mass is 10.2. The molecule has 0 saturated carbocycles. The number of aryl methyl sites for hydroxylation is 1. The molecule has 0 aliphatic heterocycles. The molecule has 0 radical (unpaired) electrons. The summed E-state index contributed by atoms with van der Waals surface area (Å²) in [6.45, 7) is 3.44. The van der Waals surface area contributed by atoms with E-state index < -0.39 is 5.91 Å². The molecule has 0 aromatic carbocycles. The third-order valence-electron chi connectivity index (χ3n) is 4.63. The molecule has 0 aliphatic rings. The third kappa shape index (κ3) is 4.20. The van der Waals surface area contributed by atoms with Crippen molar-refractivity contribution in [2.24, 2.45) is 0 Å². The van der Waals surface area contributed by atoms with Gasteiger partial charge in [-0.05, 0) is 31.0 Å². The predicted molar refractivity (Wildman–Crippen MR) is 108 cm³/mol. The maximum absolute atomic E-state index is 13.1. The first-order valence-corrected chi connectivity index (χ1v) is 9.35. The van der Waals surface area contributed by atoms with E-state index in [2.05, 4.69) is 10.3 Å². The molecule has 0 atom stereocenters. The van der Waals surface area contributed by atoms with Crippen molar-refractivity contribution in [2.45, 2.75) is 19.9 Å². The number of amides is 1. The second-order valence-corrected chi connectivity index (χ2v) is 6.74. The van der Waals surface area contributed by atoms with Gasteiger partial charge in [0.25, 0.3) is 11.5 Å². The topological polar surface area (TPSA) is 111 Å². The van der Waals surface area contributed by atoms with Crippen molar-refractivity contribution in [3.05, 3.63) is 51.4 Å². The summed E-state index contributed by atoms with van der Waals surface area (Å²) in [6.07, 6.45) is 2.36. The fraction of sp³-hybridized carbons (Fsp3) is 0.400. The number of hydrogen-bond acceptors (Lipinski definition) is 6. The molecule has 3 aromatic rings. The molecule has 0 unspecified atom stereocenters. The summed E-state index contributed by atoms with van der Waals surface area (Å²) in [7, 11) is 3.15. The first-order valence-electron chi connectivity index (χ1n) is 9.35. The minimum Gasteiger partial charge on any atom is -0.385 e. The average molecular weight is 399 g/mol. The molecule has 3 aromatic heterocycles. The lowest BCUT2D eigenvalue weighted by Gasteiger charge is -2.14. The van der Waals surface area contributed by atoms with Crippen LogP contribution in [-0.4, -0.2) is 53.8 Å². The molecule has 9 heteroatoms. The normalized spacial score (nSPS) is 11.3. The number of rotatable bonds is 8. The van der Waals surface area contributed by atoms with Gasteiger partial charge in [-0.1, -0.05) is 6.07 Å². The molecular weight excluding hydrogens is 374 g/mol. The van der Waals surface area contributed by atoms with Crippen molar-refractivity contribution in [3.8, 4) is 0 Å². The van der Waals surface area contributed by atoms with Crippen LogP contribution in [0.3, 0.4) is 0 Å². The molecule has 3 heterocycles. The zero-order chi connectivity index (χ0) is 21.0. The van der Waals surface area contributed by atoms with Crippen LogP contribution in [0.4, 0.5) is 0 Å². The Morgan fingerprint density at radius 1 is 1.24 bits per heavy atom. The number of carbonyl (C=O) groups excluding carboxylic acids is 1. The van der Waals surface area contributed by atoms with Crippen LogP contribution in [0.5, 0.6) is 0 Å². The number of fused-ring (bicyclic) bond motifs is 2. The van der Waals surface area contributed by atoms with Crippen LogP contribution in [0.1, 0.15) is 22.3 Å². The summed E-state index contributed by atoms with van der Waals surface area (Å²) in [6, 6.07) is 5.09. The summed E-state index contributed by atoms with van der Waals surface area (Å²) in [5.74, 6) is -0.409. The lowest BCUT2D eigenvalue weighted by Crippen LogP contribution is -2.36. The number of aromatic nitrogens is 3. The van der Waals surface area contributed by atoms with Gasteiger partial charge >= 0.3 is 0 Å². The van der Waals surface area contributed by atoms with Crippen LogP contribution in [0.25, 0.3) is 16.7 Å². The number of ether oxygens (including phenoxy) is 2. The molecule has 154 valence electrons. The van der Waals surface area contributed by atoms with Gasteiger partial charge in [0.1, 0.15) is 16.8 Å². The Morgan fingerprint density at radius 2 is 2.00 bits per heavy atom. The second kappa shape index (κ2) is 8.97. The highest BCUT2D eigenvalue weighted by Crippen LogP contribution is 2.11. The van der Waals surface area contributed by atoms with E-state index in [4.69, 9.17) is 14.9 Å². The summed E-state index contributed by atoms with van der Waals surface area (Å²) >= 11 is 0. The summed E-state index contributed by atoms with van der Waals surface area (Å²) in [4.78, 5) is 30.4. The maximum atomic E-state index is 13.1. The average Bonchev–Trinajstić information content (AvgIpc) is 2.71.